The largest absolute Gasteiger partial charge is 0.348 e. The van der Waals surface area contributed by atoms with Crippen LogP contribution >= 0.6 is 0 Å². The lowest BCUT2D eigenvalue weighted by Crippen LogP contribution is -2.43. The van der Waals surface area contributed by atoms with Crippen molar-refractivity contribution >= 4 is 11.8 Å². The quantitative estimate of drug-likeness (QED) is 0.773. The third kappa shape index (κ3) is 2.60. The summed E-state index contributed by atoms with van der Waals surface area (Å²) in [4.78, 5) is 32.8. The van der Waals surface area contributed by atoms with Gasteiger partial charge in [0, 0.05) is 30.9 Å². The van der Waals surface area contributed by atoms with Gasteiger partial charge >= 0.3 is 0 Å². The van der Waals surface area contributed by atoms with Crippen molar-refractivity contribution in [3.05, 3.63) is 18.2 Å². The Bertz CT molecular complexity index is 479. The smallest absolute Gasteiger partial charge is 0.247 e. The SMILES string of the molecule is O=C1CC(NCCc2cnc[nH]2)C(=O)N1C1CCCC1. The Hall–Kier alpha value is -1.69. The van der Waals surface area contributed by atoms with Crippen molar-refractivity contribution in [1.82, 2.24) is 20.2 Å². The Kier molecular flexibility index (Phi) is 3.82. The second kappa shape index (κ2) is 5.75. The molecule has 0 radical (unpaired) electrons. The van der Waals surface area contributed by atoms with Gasteiger partial charge in [0.05, 0.1) is 18.8 Å². The fourth-order valence-electron chi connectivity index (χ4n) is 3.16. The number of hydrogen-bond donors (Lipinski definition) is 2. The van der Waals surface area contributed by atoms with Gasteiger partial charge in [-0.15, -0.1) is 0 Å². The molecule has 20 heavy (non-hydrogen) atoms. The maximum absolute atomic E-state index is 12.3. The second-order valence-electron chi connectivity index (χ2n) is 5.58. The molecule has 3 rings (SSSR count). The van der Waals surface area contributed by atoms with E-state index in [9.17, 15) is 9.59 Å². The first kappa shape index (κ1) is 13.3. The van der Waals surface area contributed by atoms with Crippen molar-refractivity contribution in [2.75, 3.05) is 6.54 Å². The molecule has 6 nitrogen and oxygen atoms in total. The summed E-state index contributed by atoms with van der Waals surface area (Å²) in [6.07, 6.45) is 8.69. The molecule has 1 unspecified atom stereocenters. The number of hydrogen-bond acceptors (Lipinski definition) is 4. The van der Waals surface area contributed by atoms with Crippen LogP contribution < -0.4 is 5.32 Å². The molecule has 1 aliphatic carbocycles. The van der Waals surface area contributed by atoms with E-state index in [-0.39, 0.29) is 23.9 Å². The Balaban J connectivity index is 1.53. The molecule has 2 aliphatic rings. The highest BCUT2D eigenvalue weighted by atomic mass is 16.2. The van der Waals surface area contributed by atoms with E-state index >= 15 is 0 Å². The number of imide groups is 1. The van der Waals surface area contributed by atoms with Crippen LogP contribution in [0, 0.1) is 0 Å². The first-order chi connectivity index (χ1) is 9.75. The minimum Gasteiger partial charge on any atom is -0.348 e. The molecular weight excluding hydrogens is 256 g/mol. The minimum atomic E-state index is -0.342. The lowest BCUT2D eigenvalue weighted by molar-refractivity contribution is -0.141. The van der Waals surface area contributed by atoms with E-state index in [0.29, 0.717) is 13.0 Å². The predicted octanol–water partition coefficient (Wildman–Crippen LogP) is 0.612. The van der Waals surface area contributed by atoms with Gasteiger partial charge in [-0.05, 0) is 12.8 Å². The highest BCUT2D eigenvalue weighted by Gasteiger charge is 2.42. The van der Waals surface area contributed by atoms with Gasteiger partial charge in [0.1, 0.15) is 0 Å². The summed E-state index contributed by atoms with van der Waals surface area (Å²) in [5.74, 6) is -0.0487. The Morgan fingerprint density at radius 1 is 1.35 bits per heavy atom. The summed E-state index contributed by atoms with van der Waals surface area (Å²) >= 11 is 0. The average Bonchev–Trinajstić information content (AvgIpc) is 3.13. The highest BCUT2D eigenvalue weighted by molar-refractivity contribution is 6.05. The monoisotopic (exact) mass is 276 g/mol. The fourth-order valence-corrected chi connectivity index (χ4v) is 3.16. The zero-order valence-electron chi connectivity index (χ0n) is 11.5. The van der Waals surface area contributed by atoms with Crippen LogP contribution in [0.5, 0.6) is 0 Å². The third-order valence-electron chi connectivity index (χ3n) is 4.21. The van der Waals surface area contributed by atoms with E-state index < -0.39 is 0 Å². The van der Waals surface area contributed by atoms with Gasteiger partial charge in [0.15, 0.2) is 0 Å². The standard InChI is InChI=1S/C14H20N4O2/c19-13-7-12(16-6-5-10-8-15-9-17-10)14(20)18(13)11-3-1-2-4-11/h8-9,11-12,16H,1-7H2,(H,15,17). The summed E-state index contributed by atoms with van der Waals surface area (Å²) < 4.78 is 0. The number of rotatable bonds is 5. The van der Waals surface area contributed by atoms with Crippen molar-refractivity contribution in [2.45, 2.75) is 50.6 Å². The predicted molar refractivity (Wildman–Crippen MR) is 72.8 cm³/mol. The van der Waals surface area contributed by atoms with Gasteiger partial charge in [-0.25, -0.2) is 4.98 Å². The zero-order chi connectivity index (χ0) is 13.9. The number of amides is 2. The highest BCUT2D eigenvalue weighted by Crippen LogP contribution is 2.28. The molecule has 6 heteroatoms. The molecule has 2 amide bonds. The molecule has 2 N–H and O–H groups in total. The van der Waals surface area contributed by atoms with Gasteiger partial charge in [0.25, 0.3) is 0 Å². The van der Waals surface area contributed by atoms with Crippen molar-refractivity contribution in [3.8, 4) is 0 Å². The summed E-state index contributed by atoms with van der Waals surface area (Å²) in [6, 6.07) is -0.194. The van der Waals surface area contributed by atoms with Crippen LogP contribution in [-0.4, -0.2) is 45.3 Å². The maximum Gasteiger partial charge on any atom is 0.247 e. The van der Waals surface area contributed by atoms with Gasteiger partial charge in [-0.3, -0.25) is 14.5 Å². The molecule has 0 bridgehead atoms. The molecule has 1 aromatic heterocycles. The van der Waals surface area contributed by atoms with Crippen LogP contribution in [0.2, 0.25) is 0 Å². The topological polar surface area (TPSA) is 78.1 Å². The maximum atomic E-state index is 12.3. The lowest BCUT2D eigenvalue weighted by Gasteiger charge is -2.22. The fraction of sp³-hybridized carbons (Fsp3) is 0.643. The number of H-pyrrole nitrogens is 1. The third-order valence-corrected chi connectivity index (χ3v) is 4.21. The molecule has 0 spiro atoms. The summed E-state index contributed by atoms with van der Waals surface area (Å²) in [5.41, 5.74) is 1.03. The first-order valence-corrected chi connectivity index (χ1v) is 7.32. The van der Waals surface area contributed by atoms with E-state index in [1.165, 1.54) is 4.90 Å². The molecule has 0 aromatic carbocycles. The first-order valence-electron chi connectivity index (χ1n) is 7.32. The number of aromatic amines is 1. The molecule has 1 aliphatic heterocycles. The van der Waals surface area contributed by atoms with Crippen molar-refractivity contribution in [3.63, 3.8) is 0 Å². The number of aromatic nitrogens is 2. The molecular formula is C14H20N4O2. The van der Waals surface area contributed by atoms with Crippen LogP contribution in [0.15, 0.2) is 12.5 Å². The molecule has 2 heterocycles. The van der Waals surface area contributed by atoms with Crippen LogP contribution in [0.1, 0.15) is 37.8 Å². The molecule has 2 fully saturated rings. The lowest BCUT2D eigenvalue weighted by atomic mass is 10.2. The Labute approximate surface area is 117 Å². The molecule has 1 saturated heterocycles. The van der Waals surface area contributed by atoms with Crippen molar-refractivity contribution < 1.29 is 9.59 Å². The van der Waals surface area contributed by atoms with E-state index in [1.807, 2.05) is 0 Å². The van der Waals surface area contributed by atoms with Crippen LogP contribution in [0.3, 0.4) is 0 Å². The van der Waals surface area contributed by atoms with Crippen molar-refractivity contribution in [2.24, 2.45) is 0 Å². The van der Waals surface area contributed by atoms with Crippen molar-refractivity contribution in [1.29, 1.82) is 0 Å². The Morgan fingerprint density at radius 3 is 2.85 bits per heavy atom. The van der Waals surface area contributed by atoms with Gasteiger partial charge in [-0.2, -0.15) is 0 Å². The molecule has 1 saturated carbocycles. The van der Waals surface area contributed by atoms with Gasteiger partial charge in [0.2, 0.25) is 11.8 Å². The Morgan fingerprint density at radius 2 is 2.15 bits per heavy atom. The number of imidazole rings is 1. The normalized spacial score (nSPS) is 24.0. The van der Waals surface area contributed by atoms with Crippen LogP contribution in [0.4, 0.5) is 0 Å². The number of carbonyl (C=O) groups is 2. The van der Waals surface area contributed by atoms with E-state index in [0.717, 1.165) is 37.8 Å². The van der Waals surface area contributed by atoms with E-state index in [1.54, 1.807) is 12.5 Å². The number of nitrogens with zero attached hydrogens (tertiary/aromatic N) is 2. The average molecular weight is 276 g/mol. The molecule has 1 aromatic rings. The van der Waals surface area contributed by atoms with Gasteiger partial charge < -0.3 is 10.3 Å². The van der Waals surface area contributed by atoms with E-state index in [4.69, 9.17) is 0 Å². The number of likely N-dealkylation sites (tertiary alicyclic amines) is 1. The van der Waals surface area contributed by atoms with E-state index in [2.05, 4.69) is 15.3 Å². The minimum absolute atomic E-state index is 0.0130. The van der Waals surface area contributed by atoms with Crippen LogP contribution in [-0.2, 0) is 16.0 Å². The zero-order valence-corrected chi connectivity index (χ0v) is 11.5. The number of carbonyl (C=O) groups excluding carboxylic acids is 2. The summed E-state index contributed by atoms with van der Waals surface area (Å²) in [5, 5.41) is 3.19. The summed E-state index contributed by atoms with van der Waals surface area (Å²) in [7, 11) is 0. The molecule has 1 atom stereocenters. The molecule has 108 valence electrons. The summed E-state index contributed by atoms with van der Waals surface area (Å²) in [6.45, 7) is 0.671. The van der Waals surface area contributed by atoms with Crippen LogP contribution in [0.25, 0.3) is 0 Å². The van der Waals surface area contributed by atoms with Gasteiger partial charge in [-0.1, -0.05) is 12.8 Å². The second-order valence-corrected chi connectivity index (χ2v) is 5.58. The number of nitrogens with one attached hydrogen (secondary N) is 2.